The predicted molar refractivity (Wildman–Crippen MR) is 78.8 cm³/mol. The second-order valence-electron chi connectivity index (χ2n) is 4.28. The van der Waals surface area contributed by atoms with Crippen LogP contribution in [0, 0.1) is 0 Å². The van der Waals surface area contributed by atoms with Gasteiger partial charge in [-0.05, 0) is 19.2 Å². The zero-order chi connectivity index (χ0) is 14.3. The van der Waals surface area contributed by atoms with E-state index in [2.05, 4.69) is 15.1 Å². The van der Waals surface area contributed by atoms with Crippen molar-refractivity contribution in [3.63, 3.8) is 0 Å². The first-order valence-electron chi connectivity index (χ1n) is 6.15. The summed E-state index contributed by atoms with van der Waals surface area (Å²) in [5, 5.41) is 6.63. The molecule has 0 unspecified atom stereocenters. The number of nitrogens with zero attached hydrogens (tertiary/aromatic N) is 4. The first-order valence-corrected chi connectivity index (χ1v) is 7.38. The number of hydrogen-bond donors (Lipinski definition) is 1. The van der Waals surface area contributed by atoms with E-state index in [1.54, 1.807) is 10.9 Å². The highest BCUT2D eigenvalue weighted by Gasteiger charge is 2.17. The van der Waals surface area contributed by atoms with Crippen molar-refractivity contribution in [2.24, 2.45) is 5.73 Å². The van der Waals surface area contributed by atoms with Gasteiger partial charge in [0.15, 0.2) is 10.9 Å². The first kappa shape index (κ1) is 12.9. The average Bonchev–Trinajstić information content (AvgIpc) is 2.86. The first-order chi connectivity index (χ1) is 9.65. The number of rotatable bonds is 3. The van der Waals surface area contributed by atoms with Gasteiger partial charge in [0.2, 0.25) is 0 Å². The molecule has 0 radical (unpaired) electrons. The van der Waals surface area contributed by atoms with Crippen LogP contribution in [0.1, 0.15) is 17.4 Å². The van der Waals surface area contributed by atoms with Crippen molar-refractivity contribution in [3.05, 3.63) is 24.0 Å². The van der Waals surface area contributed by atoms with Crippen LogP contribution in [0.2, 0.25) is 0 Å². The van der Waals surface area contributed by atoms with E-state index in [1.165, 1.54) is 11.8 Å². The molecule has 0 aliphatic rings. The van der Waals surface area contributed by atoms with Crippen LogP contribution in [-0.2, 0) is 6.54 Å². The van der Waals surface area contributed by atoms with Crippen LogP contribution in [-0.4, -0.2) is 31.9 Å². The van der Waals surface area contributed by atoms with Crippen LogP contribution in [0.3, 0.4) is 0 Å². The van der Waals surface area contributed by atoms with Crippen LogP contribution in [0.25, 0.3) is 21.8 Å². The van der Waals surface area contributed by atoms with E-state index >= 15 is 0 Å². The summed E-state index contributed by atoms with van der Waals surface area (Å²) >= 11 is 1.48. The summed E-state index contributed by atoms with van der Waals surface area (Å²) in [7, 11) is 0. The Morgan fingerprint density at radius 1 is 1.45 bits per heavy atom. The van der Waals surface area contributed by atoms with Gasteiger partial charge in [-0.15, -0.1) is 0 Å². The number of fused-ring (bicyclic) bond motifs is 3. The maximum atomic E-state index is 11.5. The number of nitrogens with two attached hydrogens (primary N) is 1. The van der Waals surface area contributed by atoms with Gasteiger partial charge in [0, 0.05) is 23.5 Å². The lowest BCUT2D eigenvalue weighted by Gasteiger charge is -2.03. The Morgan fingerprint density at radius 3 is 2.90 bits per heavy atom. The molecule has 0 saturated heterocycles. The molecular formula is C13H13N5OS. The van der Waals surface area contributed by atoms with Crippen LogP contribution in [0.15, 0.2) is 23.5 Å². The summed E-state index contributed by atoms with van der Waals surface area (Å²) in [5.74, 6) is -0.527. The molecule has 0 spiro atoms. The van der Waals surface area contributed by atoms with Crippen LogP contribution < -0.4 is 5.73 Å². The maximum absolute atomic E-state index is 11.5. The molecule has 3 rings (SSSR count). The van der Waals surface area contributed by atoms with Gasteiger partial charge >= 0.3 is 0 Å². The third-order valence-corrected chi connectivity index (χ3v) is 3.72. The molecule has 20 heavy (non-hydrogen) atoms. The SMILES string of the molecule is CCn1nc(C(N)=O)c2ccc3cnc(SC)nc3c21. The standard InChI is InChI=1S/C13H13N5OS/c1-3-18-11-8(10(17-18)12(14)19)5-4-7-6-15-13(20-2)16-9(7)11/h4-6H,3H2,1-2H3,(H2,14,19). The molecule has 6 nitrogen and oxygen atoms in total. The molecular weight excluding hydrogens is 274 g/mol. The zero-order valence-electron chi connectivity index (χ0n) is 11.1. The molecule has 1 aromatic carbocycles. The summed E-state index contributed by atoms with van der Waals surface area (Å²) in [4.78, 5) is 20.3. The number of carbonyl (C=O) groups is 1. The molecule has 0 fully saturated rings. The van der Waals surface area contributed by atoms with Crippen LogP contribution >= 0.6 is 11.8 Å². The maximum Gasteiger partial charge on any atom is 0.269 e. The molecule has 0 aliphatic heterocycles. The third-order valence-electron chi connectivity index (χ3n) is 3.15. The molecule has 2 aromatic heterocycles. The molecule has 0 atom stereocenters. The van der Waals surface area contributed by atoms with Gasteiger partial charge in [0.1, 0.15) is 5.52 Å². The third kappa shape index (κ3) is 1.82. The van der Waals surface area contributed by atoms with Gasteiger partial charge in [0.25, 0.3) is 5.91 Å². The summed E-state index contributed by atoms with van der Waals surface area (Å²) in [6.07, 6.45) is 3.71. The van der Waals surface area contributed by atoms with Gasteiger partial charge in [-0.25, -0.2) is 9.97 Å². The minimum Gasteiger partial charge on any atom is -0.364 e. The Kier molecular flexibility index (Phi) is 3.06. The normalized spacial score (nSPS) is 11.3. The zero-order valence-corrected chi connectivity index (χ0v) is 11.9. The molecule has 0 bridgehead atoms. The van der Waals surface area contributed by atoms with E-state index in [0.717, 1.165) is 21.8 Å². The fourth-order valence-electron chi connectivity index (χ4n) is 2.25. The fourth-order valence-corrected chi connectivity index (χ4v) is 2.59. The van der Waals surface area contributed by atoms with Gasteiger partial charge in [-0.3, -0.25) is 9.48 Å². The minimum atomic E-state index is -0.527. The molecule has 0 aliphatic carbocycles. The lowest BCUT2D eigenvalue weighted by molar-refractivity contribution is 0.0996. The molecule has 1 amide bonds. The van der Waals surface area contributed by atoms with Gasteiger partial charge in [-0.2, -0.15) is 5.10 Å². The van der Waals surface area contributed by atoms with Gasteiger partial charge < -0.3 is 5.73 Å². The van der Waals surface area contributed by atoms with Crippen LogP contribution in [0.5, 0.6) is 0 Å². The van der Waals surface area contributed by atoms with E-state index in [-0.39, 0.29) is 5.69 Å². The largest absolute Gasteiger partial charge is 0.364 e. The van der Waals surface area contributed by atoms with E-state index in [1.807, 2.05) is 25.3 Å². The van der Waals surface area contributed by atoms with Crippen molar-refractivity contribution in [2.45, 2.75) is 18.6 Å². The summed E-state index contributed by atoms with van der Waals surface area (Å²) in [6.45, 7) is 2.61. The number of aryl methyl sites for hydroxylation is 1. The minimum absolute atomic E-state index is 0.285. The van der Waals surface area contributed by atoms with Crippen molar-refractivity contribution >= 4 is 39.5 Å². The molecule has 102 valence electrons. The molecule has 7 heteroatoms. The van der Waals surface area contributed by atoms with Gasteiger partial charge in [0.05, 0.1) is 5.52 Å². The second-order valence-corrected chi connectivity index (χ2v) is 5.06. The van der Waals surface area contributed by atoms with Crippen molar-refractivity contribution in [3.8, 4) is 0 Å². The van der Waals surface area contributed by atoms with Crippen molar-refractivity contribution in [1.82, 2.24) is 19.7 Å². The van der Waals surface area contributed by atoms with Crippen molar-refractivity contribution < 1.29 is 4.79 Å². The number of amides is 1. The van der Waals surface area contributed by atoms with E-state index < -0.39 is 5.91 Å². The summed E-state index contributed by atoms with van der Waals surface area (Å²) in [5.41, 5.74) is 7.31. The molecule has 2 N–H and O–H groups in total. The highest BCUT2D eigenvalue weighted by molar-refractivity contribution is 7.98. The van der Waals surface area contributed by atoms with E-state index in [9.17, 15) is 4.79 Å². The number of aromatic nitrogens is 4. The molecule has 0 saturated carbocycles. The number of thioether (sulfide) groups is 1. The molecule has 2 heterocycles. The lowest BCUT2D eigenvalue weighted by atomic mass is 10.1. The number of benzene rings is 1. The highest BCUT2D eigenvalue weighted by atomic mass is 32.2. The Balaban J connectivity index is 2.48. The number of primary amides is 1. The Labute approximate surface area is 119 Å². The predicted octanol–water partition coefficient (Wildman–Crippen LogP) is 1.82. The second kappa shape index (κ2) is 4.75. The van der Waals surface area contributed by atoms with E-state index in [4.69, 9.17) is 5.73 Å². The smallest absolute Gasteiger partial charge is 0.269 e. The quantitative estimate of drug-likeness (QED) is 0.586. The van der Waals surface area contributed by atoms with Gasteiger partial charge in [-0.1, -0.05) is 17.8 Å². The highest BCUT2D eigenvalue weighted by Crippen LogP contribution is 2.27. The average molecular weight is 287 g/mol. The molecule has 3 aromatic rings. The van der Waals surface area contributed by atoms with E-state index in [0.29, 0.717) is 11.7 Å². The lowest BCUT2D eigenvalue weighted by Crippen LogP contribution is -2.12. The Bertz CT molecular complexity index is 826. The van der Waals surface area contributed by atoms with Crippen molar-refractivity contribution in [2.75, 3.05) is 6.26 Å². The Morgan fingerprint density at radius 2 is 2.25 bits per heavy atom. The van der Waals surface area contributed by atoms with Crippen molar-refractivity contribution in [1.29, 1.82) is 0 Å². The van der Waals surface area contributed by atoms with Crippen LogP contribution in [0.4, 0.5) is 0 Å². The number of carbonyl (C=O) groups excluding carboxylic acids is 1. The number of hydrogen-bond acceptors (Lipinski definition) is 5. The summed E-state index contributed by atoms with van der Waals surface area (Å²) < 4.78 is 1.76. The Hall–Kier alpha value is -2.15. The monoisotopic (exact) mass is 287 g/mol. The topological polar surface area (TPSA) is 86.7 Å². The summed E-state index contributed by atoms with van der Waals surface area (Å²) in [6, 6.07) is 3.73. The fraction of sp³-hybridized carbons (Fsp3) is 0.231.